The highest BCUT2D eigenvalue weighted by Crippen LogP contribution is 2.42. The second-order valence-electron chi connectivity index (χ2n) is 18.5. The van der Waals surface area contributed by atoms with Crippen LogP contribution in [0.5, 0.6) is 5.75 Å². The molecule has 2 aromatic heterocycles. The lowest BCUT2D eigenvalue weighted by Crippen LogP contribution is -2.53. The van der Waals surface area contributed by atoms with E-state index in [0.717, 1.165) is 102 Å². The van der Waals surface area contributed by atoms with Gasteiger partial charge in [-0.15, -0.1) is 0 Å². The van der Waals surface area contributed by atoms with Gasteiger partial charge >= 0.3 is 0 Å². The van der Waals surface area contributed by atoms with E-state index >= 15 is 0 Å². The Morgan fingerprint density at radius 2 is 1.65 bits per heavy atom. The van der Waals surface area contributed by atoms with Gasteiger partial charge in [0.15, 0.2) is 5.82 Å². The smallest absolute Gasteiger partial charge is 0.258 e. The van der Waals surface area contributed by atoms with Gasteiger partial charge < -0.3 is 34.6 Å². The molecule has 0 spiro atoms. The predicted octanol–water partition coefficient (Wildman–Crippen LogP) is 7.11. The molecule has 4 aliphatic rings. The van der Waals surface area contributed by atoms with Crippen LogP contribution in [0.1, 0.15) is 72.9 Å². The number of aromatic nitrogens is 4. The number of carbonyl (C=O) groups is 3. The SMILES string of the molecule is COc1cc(N2CCC(N3CCN(CCCCCCc4ccc(F)c5c4CN(C4CCC(=O)NC4=O)C5=O)CC3)CC2)ccc1Nc1ncc(Cl)c(Nc2ccc3nccnc3c2P(C)(C)=O)n1. The van der Waals surface area contributed by atoms with Crippen LogP contribution in [-0.2, 0) is 27.1 Å². The van der Waals surface area contributed by atoms with Crippen molar-refractivity contribution in [1.29, 1.82) is 0 Å². The number of methoxy groups -OCH3 is 1. The summed E-state index contributed by atoms with van der Waals surface area (Å²) in [7, 11) is -1.15. The summed E-state index contributed by atoms with van der Waals surface area (Å²) >= 11 is 6.58. The Labute approximate surface area is 400 Å². The van der Waals surface area contributed by atoms with Gasteiger partial charge in [0.2, 0.25) is 17.8 Å². The molecule has 0 bridgehead atoms. The van der Waals surface area contributed by atoms with Gasteiger partial charge in [-0.3, -0.25) is 34.6 Å². The molecule has 0 saturated carbocycles. The molecule has 3 aromatic carbocycles. The molecule has 5 aromatic rings. The highest BCUT2D eigenvalue weighted by molar-refractivity contribution is 7.71. The maximum atomic E-state index is 14.9. The summed E-state index contributed by atoms with van der Waals surface area (Å²) in [5, 5.41) is 9.76. The van der Waals surface area contributed by atoms with Crippen molar-refractivity contribution in [3.05, 3.63) is 88.6 Å². The van der Waals surface area contributed by atoms with E-state index in [1.807, 2.05) is 18.2 Å². The Kier molecular flexibility index (Phi) is 14.2. The minimum atomic E-state index is -2.80. The maximum Gasteiger partial charge on any atom is 0.258 e. The van der Waals surface area contributed by atoms with Crippen LogP contribution in [0.25, 0.3) is 11.0 Å². The quantitative estimate of drug-likeness (QED) is 0.0518. The molecule has 6 heterocycles. The van der Waals surface area contributed by atoms with Crippen molar-refractivity contribution in [2.45, 2.75) is 76.4 Å². The standard InChI is InChI=1S/C49H58ClFN11O5P/c1-67-41-28-33(10-12-37(41)56-49-54-29-35(50)46(58-49)55-39-14-13-38-44(53-20-19-52-38)45(39)68(2,3)66)60-22-17-32(18-23-60)61-26-24-59(25-27-61)21-7-5-4-6-8-31-9-11-36(51)43-34(31)30-62(48(43)65)40-15-16-42(63)57-47(40)64/h9-14,19-20,28-29,32,40H,4-8,15-18,21-27,30H2,1-3H3,(H,57,63,64)(H2,54,55,56,58). The molecular formula is C49H58ClFN11O5P. The third-order valence-corrected chi connectivity index (χ3v) is 15.6. The van der Waals surface area contributed by atoms with Gasteiger partial charge in [-0.25, -0.2) is 9.37 Å². The van der Waals surface area contributed by atoms with Gasteiger partial charge in [0.25, 0.3) is 5.91 Å². The number of fused-ring (bicyclic) bond motifs is 2. The molecular weight excluding hydrogens is 908 g/mol. The fourth-order valence-corrected chi connectivity index (χ4v) is 11.7. The number of piperazine rings is 1. The number of piperidine rings is 2. The minimum absolute atomic E-state index is 0.0754. The van der Waals surface area contributed by atoms with E-state index in [1.54, 1.807) is 38.9 Å². The van der Waals surface area contributed by atoms with Gasteiger partial charge in [0.1, 0.15) is 35.3 Å². The molecule has 16 nitrogen and oxygen atoms in total. The summed E-state index contributed by atoms with van der Waals surface area (Å²) in [4.78, 5) is 64.4. The number of imide groups is 1. The van der Waals surface area contributed by atoms with Gasteiger partial charge in [0.05, 0.1) is 41.1 Å². The van der Waals surface area contributed by atoms with E-state index in [0.29, 0.717) is 61.9 Å². The summed E-state index contributed by atoms with van der Waals surface area (Å²) in [6.45, 7) is 10.9. The zero-order valence-corrected chi connectivity index (χ0v) is 40.4. The molecule has 19 heteroatoms. The van der Waals surface area contributed by atoms with Crippen LogP contribution >= 0.6 is 18.7 Å². The zero-order chi connectivity index (χ0) is 47.5. The van der Waals surface area contributed by atoms with Crippen LogP contribution in [0.2, 0.25) is 5.02 Å². The molecule has 3 amide bonds. The summed E-state index contributed by atoms with van der Waals surface area (Å²) in [6.07, 6.45) is 12.3. The Hall–Kier alpha value is -5.74. The van der Waals surface area contributed by atoms with Crippen LogP contribution in [0.4, 0.5) is 33.2 Å². The van der Waals surface area contributed by atoms with Crippen molar-refractivity contribution >= 4 is 81.6 Å². The number of anilines is 5. The lowest BCUT2D eigenvalue weighted by atomic mass is 9.97. The number of rotatable bonds is 16. The third-order valence-electron chi connectivity index (χ3n) is 13.8. The first-order valence-electron chi connectivity index (χ1n) is 23.5. The number of ether oxygens (including phenoxy) is 1. The number of nitrogens with zero attached hydrogens (tertiary/aromatic N) is 8. The fraction of sp³-hybridized carbons (Fsp3) is 0.449. The third kappa shape index (κ3) is 10.3. The normalized spacial score (nSPS) is 18.5. The molecule has 0 radical (unpaired) electrons. The molecule has 3 saturated heterocycles. The number of nitrogens with one attached hydrogen (secondary N) is 3. The average molecular weight is 966 g/mol. The predicted molar refractivity (Wildman–Crippen MR) is 263 cm³/mol. The Balaban J connectivity index is 0.709. The topological polar surface area (TPSA) is 178 Å². The zero-order valence-electron chi connectivity index (χ0n) is 38.8. The Morgan fingerprint density at radius 3 is 2.41 bits per heavy atom. The van der Waals surface area contributed by atoms with E-state index in [9.17, 15) is 23.3 Å². The van der Waals surface area contributed by atoms with E-state index in [4.69, 9.17) is 16.3 Å². The maximum absolute atomic E-state index is 14.9. The molecule has 4 aliphatic heterocycles. The second kappa shape index (κ2) is 20.5. The first-order chi connectivity index (χ1) is 32.8. The lowest BCUT2D eigenvalue weighted by Gasteiger charge is -2.43. The number of aryl methyl sites for hydroxylation is 1. The highest BCUT2D eigenvalue weighted by Gasteiger charge is 2.41. The molecule has 1 atom stereocenters. The lowest BCUT2D eigenvalue weighted by molar-refractivity contribution is -0.136. The number of hydrogen-bond acceptors (Lipinski definition) is 14. The van der Waals surface area contributed by atoms with Crippen LogP contribution in [0.3, 0.4) is 0 Å². The van der Waals surface area contributed by atoms with Crippen LogP contribution in [0.15, 0.2) is 61.1 Å². The Morgan fingerprint density at radius 1 is 0.882 bits per heavy atom. The number of amides is 3. The number of hydrogen-bond donors (Lipinski definition) is 3. The van der Waals surface area contributed by atoms with Crippen LogP contribution in [-0.4, -0.2) is 131 Å². The first-order valence-corrected chi connectivity index (χ1v) is 26.5. The minimum Gasteiger partial charge on any atom is -0.494 e. The summed E-state index contributed by atoms with van der Waals surface area (Å²) < 4.78 is 34.2. The second-order valence-corrected chi connectivity index (χ2v) is 22.0. The number of halogens is 2. The van der Waals surface area contributed by atoms with Gasteiger partial charge in [-0.2, -0.15) is 4.98 Å². The Bertz CT molecular complexity index is 2760. The van der Waals surface area contributed by atoms with Crippen molar-refractivity contribution in [2.24, 2.45) is 0 Å². The van der Waals surface area contributed by atoms with E-state index in [-0.39, 0.29) is 30.9 Å². The molecule has 358 valence electrons. The van der Waals surface area contributed by atoms with E-state index in [1.165, 1.54) is 17.2 Å². The van der Waals surface area contributed by atoms with Crippen molar-refractivity contribution in [3.8, 4) is 5.75 Å². The molecule has 68 heavy (non-hydrogen) atoms. The van der Waals surface area contributed by atoms with Gasteiger partial charge in [-0.05, 0) is 99.9 Å². The van der Waals surface area contributed by atoms with Crippen molar-refractivity contribution in [1.82, 2.24) is 40.0 Å². The first kappa shape index (κ1) is 47.3. The molecule has 3 N–H and O–H groups in total. The summed E-state index contributed by atoms with van der Waals surface area (Å²) in [5.41, 5.74) is 5.32. The van der Waals surface area contributed by atoms with Crippen LogP contribution in [0, 0.1) is 5.82 Å². The van der Waals surface area contributed by atoms with Crippen molar-refractivity contribution in [3.63, 3.8) is 0 Å². The molecule has 0 aliphatic carbocycles. The number of carbonyl (C=O) groups excluding carboxylic acids is 3. The van der Waals surface area contributed by atoms with Gasteiger partial charge in [0, 0.05) is 82.4 Å². The number of unbranched alkanes of at least 4 members (excludes halogenated alkanes) is 3. The van der Waals surface area contributed by atoms with E-state index < -0.39 is 30.8 Å². The molecule has 9 rings (SSSR count). The van der Waals surface area contributed by atoms with Crippen LogP contribution < -0.4 is 30.9 Å². The summed E-state index contributed by atoms with van der Waals surface area (Å²) in [6, 6.07) is 12.7. The largest absolute Gasteiger partial charge is 0.494 e. The van der Waals surface area contributed by atoms with Crippen molar-refractivity contribution < 1.29 is 28.1 Å². The number of benzene rings is 3. The highest BCUT2D eigenvalue weighted by atomic mass is 35.5. The monoisotopic (exact) mass is 965 g/mol. The van der Waals surface area contributed by atoms with E-state index in [2.05, 4.69) is 62.7 Å². The molecule has 1 unspecified atom stereocenters. The van der Waals surface area contributed by atoms with Crippen molar-refractivity contribution in [2.75, 3.05) is 81.8 Å². The fourth-order valence-electron chi connectivity index (χ4n) is 10.2. The average Bonchev–Trinajstić information content (AvgIpc) is 3.68. The van der Waals surface area contributed by atoms with Gasteiger partial charge in [-0.1, -0.05) is 30.5 Å². The molecule has 3 fully saturated rings. The summed E-state index contributed by atoms with van der Waals surface area (Å²) in [5.74, 6) is -0.523.